The summed E-state index contributed by atoms with van der Waals surface area (Å²) in [7, 11) is 0. The van der Waals surface area contributed by atoms with E-state index in [0.717, 1.165) is 16.8 Å². The first-order valence-corrected chi connectivity index (χ1v) is 9.32. The molecule has 3 rings (SSSR count). The van der Waals surface area contributed by atoms with Gasteiger partial charge in [-0.1, -0.05) is 29.8 Å². The summed E-state index contributed by atoms with van der Waals surface area (Å²) in [6.07, 6.45) is 1.31. The van der Waals surface area contributed by atoms with Crippen molar-refractivity contribution in [3.63, 3.8) is 0 Å². The number of tetrazole rings is 1. The number of nitrogens with one attached hydrogen (secondary N) is 1. The number of nitrogens with zero attached hydrogens (tertiary/aromatic N) is 4. The lowest BCUT2D eigenvalue weighted by atomic mass is 10.0. The molecule has 2 aromatic carbocycles. The summed E-state index contributed by atoms with van der Waals surface area (Å²) in [6.45, 7) is 5.57. The van der Waals surface area contributed by atoms with Gasteiger partial charge < -0.3 is 10.1 Å². The Morgan fingerprint density at radius 1 is 1.07 bits per heavy atom. The van der Waals surface area contributed by atoms with Crippen LogP contribution in [-0.2, 0) is 9.53 Å². The first-order chi connectivity index (χ1) is 13.9. The van der Waals surface area contributed by atoms with Crippen LogP contribution in [0.2, 0.25) is 0 Å². The minimum atomic E-state index is -0.492. The Kier molecular flexibility index (Phi) is 6.33. The number of aryl methyl sites for hydroxylation is 1. The van der Waals surface area contributed by atoms with Crippen molar-refractivity contribution in [2.75, 3.05) is 0 Å². The third-order valence-electron chi connectivity index (χ3n) is 4.27. The van der Waals surface area contributed by atoms with Gasteiger partial charge in [0.2, 0.25) is 0 Å². The molecule has 0 radical (unpaired) electrons. The molecule has 1 amide bonds. The first kappa shape index (κ1) is 20.2. The molecule has 0 saturated heterocycles. The van der Waals surface area contributed by atoms with Crippen molar-refractivity contribution in [2.45, 2.75) is 39.3 Å². The van der Waals surface area contributed by atoms with Gasteiger partial charge in [-0.25, -0.2) is 4.68 Å². The van der Waals surface area contributed by atoms with Crippen molar-refractivity contribution in [1.29, 1.82) is 0 Å². The van der Waals surface area contributed by atoms with E-state index in [2.05, 4.69) is 20.8 Å². The molecule has 8 nitrogen and oxygen atoms in total. The number of hydrogen-bond donors (Lipinski definition) is 1. The number of aromatic nitrogens is 4. The van der Waals surface area contributed by atoms with E-state index < -0.39 is 6.04 Å². The van der Waals surface area contributed by atoms with Crippen LogP contribution in [0, 0.1) is 6.92 Å². The minimum absolute atomic E-state index is 0.0513. The molecular formula is C21H23N5O3. The normalized spacial score (nSPS) is 11.9. The minimum Gasteiger partial charge on any atom is -0.463 e. The molecule has 150 valence electrons. The highest BCUT2D eigenvalue weighted by molar-refractivity contribution is 5.94. The lowest BCUT2D eigenvalue weighted by Gasteiger charge is -2.20. The number of carbonyl (C=O) groups excluding carboxylic acids is 2. The van der Waals surface area contributed by atoms with Crippen molar-refractivity contribution in [3.8, 4) is 5.69 Å². The van der Waals surface area contributed by atoms with E-state index in [1.165, 1.54) is 11.0 Å². The van der Waals surface area contributed by atoms with Crippen LogP contribution >= 0.6 is 0 Å². The van der Waals surface area contributed by atoms with E-state index in [4.69, 9.17) is 4.74 Å². The number of ether oxygens (including phenoxy) is 1. The average Bonchev–Trinajstić information content (AvgIpc) is 3.22. The lowest BCUT2D eigenvalue weighted by molar-refractivity contribution is -0.147. The van der Waals surface area contributed by atoms with Crippen LogP contribution in [0.3, 0.4) is 0 Å². The molecule has 0 aliphatic rings. The van der Waals surface area contributed by atoms with Gasteiger partial charge in [0.15, 0.2) is 0 Å². The topological polar surface area (TPSA) is 99.0 Å². The molecule has 0 aliphatic heterocycles. The molecule has 0 saturated carbocycles. The van der Waals surface area contributed by atoms with Crippen LogP contribution in [0.25, 0.3) is 5.69 Å². The number of amides is 1. The fraction of sp³-hybridized carbons (Fsp3) is 0.286. The number of hydrogen-bond acceptors (Lipinski definition) is 6. The SMILES string of the molecule is Cc1ccc(C(CC(=O)OC(C)C)NC(=O)c2ccc(-n3cnnn3)cc2)cc1. The van der Waals surface area contributed by atoms with Crippen molar-refractivity contribution in [2.24, 2.45) is 0 Å². The molecule has 0 spiro atoms. The van der Waals surface area contributed by atoms with Gasteiger partial charge in [0.1, 0.15) is 6.33 Å². The Labute approximate surface area is 168 Å². The summed E-state index contributed by atoms with van der Waals surface area (Å²) in [5.41, 5.74) is 3.15. The van der Waals surface area contributed by atoms with E-state index in [1.807, 2.05) is 31.2 Å². The second-order valence-corrected chi connectivity index (χ2v) is 6.98. The number of rotatable bonds is 7. The highest BCUT2D eigenvalue weighted by Crippen LogP contribution is 2.20. The Balaban J connectivity index is 1.76. The van der Waals surface area contributed by atoms with Gasteiger partial charge in [0.25, 0.3) is 5.91 Å². The monoisotopic (exact) mass is 393 g/mol. The lowest BCUT2D eigenvalue weighted by Crippen LogP contribution is -2.31. The van der Waals surface area contributed by atoms with Crippen molar-refractivity contribution in [3.05, 3.63) is 71.5 Å². The highest BCUT2D eigenvalue weighted by Gasteiger charge is 2.21. The van der Waals surface area contributed by atoms with Gasteiger partial charge in [0.05, 0.1) is 24.3 Å². The predicted molar refractivity (Wildman–Crippen MR) is 106 cm³/mol. The Bertz CT molecular complexity index is 951. The summed E-state index contributed by atoms with van der Waals surface area (Å²) in [5.74, 6) is -0.643. The van der Waals surface area contributed by atoms with E-state index in [9.17, 15) is 9.59 Å². The molecule has 29 heavy (non-hydrogen) atoms. The second kappa shape index (κ2) is 9.09. The third-order valence-corrected chi connectivity index (χ3v) is 4.27. The highest BCUT2D eigenvalue weighted by atomic mass is 16.5. The van der Waals surface area contributed by atoms with Crippen LogP contribution < -0.4 is 5.32 Å². The van der Waals surface area contributed by atoms with E-state index in [0.29, 0.717) is 5.56 Å². The molecule has 8 heteroatoms. The number of esters is 1. The maximum Gasteiger partial charge on any atom is 0.308 e. The third kappa shape index (κ3) is 5.47. The Morgan fingerprint density at radius 3 is 2.34 bits per heavy atom. The maximum absolute atomic E-state index is 12.8. The zero-order valence-corrected chi connectivity index (χ0v) is 16.6. The fourth-order valence-electron chi connectivity index (χ4n) is 2.82. The smallest absolute Gasteiger partial charge is 0.308 e. The van der Waals surface area contributed by atoms with Crippen LogP contribution in [0.1, 0.15) is 47.8 Å². The Morgan fingerprint density at radius 2 is 1.76 bits per heavy atom. The predicted octanol–water partition coefficient (Wildman–Crippen LogP) is 2.78. The molecule has 1 N–H and O–H groups in total. The summed E-state index contributed by atoms with van der Waals surface area (Å²) in [4.78, 5) is 25.0. The largest absolute Gasteiger partial charge is 0.463 e. The maximum atomic E-state index is 12.8. The molecule has 0 fully saturated rings. The van der Waals surface area contributed by atoms with Crippen LogP contribution in [0.4, 0.5) is 0 Å². The first-order valence-electron chi connectivity index (χ1n) is 9.32. The summed E-state index contributed by atoms with van der Waals surface area (Å²) >= 11 is 0. The van der Waals surface area contributed by atoms with Gasteiger partial charge in [-0.05, 0) is 61.0 Å². The summed E-state index contributed by atoms with van der Waals surface area (Å²) < 4.78 is 6.76. The number of benzene rings is 2. The van der Waals surface area contributed by atoms with Gasteiger partial charge in [-0.2, -0.15) is 0 Å². The molecule has 1 unspecified atom stereocenters. The Hall–Kier alpha value is -3.55. The molecule has 1 heterocycles. The van der Waals surface area contributed by atoms with E-state index in [1.54, 1.807) is 38.1 Å². The quantitative estimate of drug-likeness (QED) is 0.620. The summed E-state index contributed by atoms with van der Waals surface area (Å²) in [6, 6.07) is 14.1. The zero-order valence-electron chi connectivity index (χ0n) is 16.6. The number of carbonyl (C=O) groups is 2. The summed E-state index contributed by atoms with van der Waals surface area (Å²) in [5, 5.41) is 13.9. The molecule has 1 aromatic heterocycles. The van der Waals surface area contributed by atoms with Crippen LogP contribution in [-0.4, -0.2) is 38.2 Å². The molecular weight excluding hydrogens is 370 g/mol. The fourth-order valence-corrected chi connectivity index (χ4v) is 2.82. The van der Waals surface area contributed by atoms with Gasteiger partial charge in [-0.3, -0.25) is 9.59 Å². The van der Waals surface area contributed by atoms with Gasteiger partial charge in [-0.15, -0.1) is 5.10 Å². The van der Waals surface area contributed by atoms with Gasteiger partial charge in [0, 0.05) is 5.56 Å². The second-order valence-electron chi connectivity index (χ2n) is 6.98. The molecule has 0 bridgehead atoms. The average molecular weight is 393 g/mol. The van der Waals surface area contributed by atoms with Crippen molar-refractivity contribution < 1.29 is 14.3 Å². The molecule has 0 aliphatic carbocycles. The van der Waals surface area contributed by atoms with Gasteiger partial charge >= 0.3 is 5.97 Å². The van der Waals surface area contributed by atoms with Crippen LogP contribution in [0.15, 0.2) is 54.9 Å². The van der Waals surface area contributed by atoms with Crippen molar-refractivity contribution >= 4 is 11.9 Å². The van der Waals surface area contributed by atoms with Crippen molar-refractivity contribution in [1.82, 2.24) is 25.5 Å². The zero-order chi connectivity index (χ0) is 20.8. The van der Waals surface area contributed by atoms with E-state index >= 15 is 0 Å². The molecule has 3 aromatic rings. The standard InChI is InChI=1S/C21H23N5O3/c1-14(2)29-20(27)12-19(16-6-4-15(3)5-7-16)23-21(28)17-8-10-18(11-9-17)26-13-22-24-25-26/h4-11,13-14,19H,12H2,1-3H3,(H,23,28). The van der Waals surface area contributed by atoms with E-state index in [-0.39, 0.29) is 24.4 Å². The molecule has 1 atom stereocenters. The van der Waals surface area contributed by atoms with Crippen LogP contribution in [0.5, 0.6) is 0 Å².